The third-order valence-electron chi connectivity index (χ3n) is 8.36. The Hall–Kier alpha value is -4.54. The molecule has 1 unspecified atom stereocenters. The number of halogens is 2. The molecule has 0 radical (unpaired) electrons. The predicted molar refractivity (Wildman–Crippen MR) is 150 cm³/mol. The number of nitrogens with one attached hydrogen (secondary N) is 3. The molecule has 218 valence electrons. The largest absolute Gasteiger partial charge is 0.489 e. The van der Waals surface area contributed by atoms with Crippen molar-refractivity contribution >= 4 is 17.5 Å². The van der Waals surface area contributed by atoms with Gasteiger partial charge in [-0.1, -0.05) is 31.1 Å². The molecule has 4 aromatic rings. The zero-order valence-electron chi connectivity index (χ0n) is 23.7. The Bertz CT molecular complexity index is 1650. The summed E-state index contributed by atoms with van der Waals surface area (Å²) < 4.78 is 40.8. The van der Waals surface area contributed by atoms with Gasteiger partial charge in [-0.15, -0.1) is 0 Å². The number of hydrogen-bond donors (Lipinski definition) is 3. The third kappa shape index (κ3) is 4.72. The van der Waals surface area contributed by atoms with Crippen molar-refractivity contribution in [2.45, 2.75) is 58.4 Å². The van der Waals surface area contributed by atoms with Crippen molar-refractivity contribution in [3.8, 4) is 16.9 Å². The number of H-pyrrole nitrogens is 1. The number of fused-ring (bicyclic) bond motifs is 1. The van der Waals surface area contributed by atoms with Crippen molar-refractivity contribution in [3.05, 3.63) is 82.4 Å². The molecule has 2 amide bonds. The van der Waals surface area contributed by atoms with Crippen LogP contribution in [0.25, 0.3) is 11.1 Å². The van der Waals surface area contributed by atoms with Crippen LogP contribution in [0.1, 0.15) is 71.5 Å². The number of rotatable bonds is 7. The Morgan fingerprint density at radius 2 is 1.76 bits per heavy atom. The van der Waals surface area contributed by atoms with E-state index in [0.29, 0.717) is 24.2 Å². The van der Waals surface area contributed by atoms with Crippen LogP contribution in [0, 0.1) is 30.9 Å². The lowest BCUT2D eigenvalue weighted by Gasteiger charge is -2.38. The molecule has 1 fully saturated rings. The predicted octanol–water partition coefficient (Wildman–Crippen LogP) is 5.78. The van der Waals surface area contributed by atoms with Crippen LogP contribution in [-0.4, -0.2) is 39.8 Å². The highest BCUT2D eigenvalue weighted by Gasteiger charge is 2.59. The molecule has 2 aromatic carbocycles. The monoisotopic (exact) mass is 575 g/mol. The topological polar surface area (TPSA) is 122 Å². The molecular weight excluding hydrogens is 544 g/mol. The number of carbonyl (C=O) groups excluding carboxylic acids is 2. The van der Waals surface area contributed by atoms with Crippen molar-refractivity contribution in [2.75, 3.05) is 11.9 Å². The van der Waals surface area contributed by atoms with Crippen molar-refractivity contribution in [1.29, 1.82) is 0 Å². The van der Waals surface area contributed by atoms with E-state index in [9.17, 15) is 14.0 Å². The van der Waals surface area contributed by atoms with E-state index in [1.54, 1.807) is 12.1 Å². The first-order valence-electron chi connectivity index (χ1n) is 13.9. The number of ether oxygens (including phenoxy) is 1. The molecule has 1 saturated carbocycles. The van der Waals surface area contributed by atoms with Gasteiger partial charge in [0.05, 0.1) is 6.61 Å². The van der Waals surface area contributed by atoms with Gasteiger partial charge in [0.25, 0.3) is 5.91 Å². The SMILES string of the molecule is Cc1c[nH]c(C)c1-c1ccc(NC(=O)[C@@H](NC(=O)c2nonc2C(C)C)C2c3c(F)ccc(F)c3OCC23CC3)cc1. The fraction of sp³-hybridized carbons (Fsp3) is 0.355. The summed E-state index contributed by atoms with van der Waals surface area (Å²) in [7, 11) is 0. The summed E-state index contributed by atoms with van der Waals surface area (Å²) in [5.74, 6) is -4.03. The highest BCUT2D eigenvalue weighted by Crippen LogP contribution is 2.62. The first-order chi connectivity index (χ1) is 20.1. The minimum Gasteiger partial charge on any atom is -0.489 e. The van der Waals surface area contributed by atoms with Crippen molar-refractivity contribution in [3.63, 3.8) is 0 Å². The van der Waals surface area contributed by atoms with Crippen LogP contribution < -0.4 is 15.4 Å². The summed E-state index contributed by atoms with van der Waals surface area (Å²) >= 11 is 0. The Labute approximate surface area is 241 Å². The molecule has 42 heavy (non-hydrogen) atoms. The van der Waals surface area contributed by atoms with E-state index >= 15 is 4.39 Å². The molecule has 0 bridgehead atoms. The van der Waals surface area contributed by atoms with Crippen LogP contribution in [0.4, 0.5) is 14.5 Å². The fourth-order valence-corrected chi connectivity index (χ4v) is 6.02. The van der Waals surface area contributed by atoms with Crippen LogP contribution in [0.3, 0.4) is 0 Å². The van der Waals surface area contributed by atoms with Crippen molar-refractivity contribution < 1.29 is 27.7 Å². The zero-order chi connectivity index (χ0) is 29.8. The van der Waals surface area contributed by atoms with Gasteiger partial charge in [0.2, 0.25) is 5.91 Å². The van der Waals surface area contributed by atoms with Crippen molar-refractivity contribution in [1.82, 2.24) is 20.6 Å². The van der Waals surface area contributed by atoms with Crippen LogP contribution in [-0.2, 0) is 4.79 Å². The number of aryl methyl sites for hydroxylation is 2. The van der Waals surface area contributed by atoms with Crippen LogP contribution >= 0.6 is 0 Å². The number of hydrogen-bond acceptors (Lipinski definition) is 6. The van der Waals surface area contributed by atoms with E-state index in [-0.39, 0.29) is 29.5 Å². The highest BCUT2D eigenvalue weighted by molar-refractivity contribution is 6.01. The number of anilines is 1. The van der Waals surface area contributed by atoms with Gasteiger partial charge in [-0.05, 0) is 67.2 Å². The van der Waals surface area contributed by atoms with E-state index in [1.165, 1.54) is 0 Å². The summed E-state index contributed by atoms with van der Waals surface area (Å²) in [5.41, 5.74) is 4.20. The molecule has 3 N–H and O–H groups in total. The quantitative estimate of drug-likeness (QED) is 0.257. The number of nitrogens with zero attached hydrogens (tertiary/aromatic N) is 2. The Balaban J connectivity index is 1.37. The summed E-state index contributed by atoms with van der Waals surface area (Å²) in [4.78, 5) is 30.8. The third-order valence-corrected chi connectivity index (χ3v) is 8.36. The molecule has 1 aliphatic heterocycles. The van der Waals surface area contributed by atoms with E-state index in [2.05, 4.69) is 25.9 Å². The summed E-state index contributed by atoms with van der Waals surface area (Å²) in [5, 5.41) is 13.3. The van der Waals surface area contributed by atoms with Gasteiger partial charge in [-0.25, -0.2) is 13.4 Å². The van der Waals surface area contributed by atoms with Gasteiger partial charge in [-0.2, -0.15) is 0 Å². The van der Waals surface area contributed by atoms with Gasteiger partial charge in [0.1, 0.15) is 17.6 Å². The van der Waals surface area contributed by atoms with Gasteiger partial charge >= 0.3 is 0 Å². The number of aromatic amines is 1. The molecule has 11 heteroatoms. The molecule has 0 saturated heterocycles. The van der Waals surface area contributed by atoms with Gasteiger partial charge < -0.3 is 20.4 Å². The second-order valence-corrected chi connectivity index (χ2v) is 11.5. The first kappa shape index (κ1) is 27.6. The lowest BCUT2D eigenvalue weighted by molar-refractivity contribution is -0.119. The number of benzene rings is 2. The Kier molecular flexibility index (Phi) is 6.83. The Morgan fingerprint density at radius 3 is 2.40 bits per heavy atom. The van der Waals surface area contributed by atoms with Crippen molar-refractivity contribution in [2.24, 2.45) is 5.41 Å². The number of amides is 2. The average molecular weight is 576 g/mol. The van der Waals surface area contributed by atoms with E-state index in [1.807, 2.05) is 46.0 Å². The maximum atomic E-state index is 15.4. The normalized spacial score (nSPS) is 17.5. The molecule has 2 aromatic heterocycles. The average Bonchev–Trinajstić information content (AvgIpc) is 3.38. The standard InChI is InChI=1S/C31H31F2N5O4/c1-15(2)25-27(38-42-37-25)30(40)36-26(24-23-20(32)9-10-21(33)28(23)41-14-31(24)11-12-31)29(39)35-19-7-5-18(6-8-19)22-16(3)13-34-17(22)4/h5-10,13,15,24,26,34H,11-12,14H2,1-4H3,(H,35,39)(H,36,40)/t24?,26-/m0/s1. The minimum absolute atomic E-state index is 0.0599. The maximum absolute atomic E-state index is 15.4. The highest BCUT2D eigenvalue weighted by atomic mass is 19.1. The molecule has 9 nitrogen and oxygen atoms in total. The molecule has 2 atom stereocenters. The lowest BCUT2D eigenvalue weighted by Crippen LogP contribution is -2.52. The second-order valence-electron chi connectivity index (χ2n) is 11.5. The summed E-state index contributed by atoms with van der Waals surface area (Å²) in [6.45, 7) is 7.75. The summed E-state index contributed by atoms with van der Waals surface area (Å²) in [6, 6.07) is 8.04. The molecule has 2 aliphatic rings. The number of aromatic nitrogens is 3. The van der Waals surface area contributed by atoms with Gasteiger partial charge in [-0.3, -0.25) is 9.59 Å². The van der Waals surface area contributed by atoms with E-state index in [4.69, 9.17) is 9.37 Å². The summed E-state index contributed by atoms with van der Waals surface area (Å²) in [6.07, 6.45) is 3.18. The molecule has 6 rings (SSSR count). The van der Waals surface area contributed by atoms with Crippen LogP contribution in [0.5, 0.6) is 5.75 Å². The lowest BCUT2D eigenvalue weighted by atomic mass is 9.75. The smallest absolute Gasteiger partial charge is 0.276 e. The maximum Gasteiger partial charge on any atom is 0.276 e. The van der Waals surface area contributed by atoms with E-state index < -0.39 is 40.8 Å². The zero-order valence-corrected chi connectivity index (χ0v) is 23.7. The fourth-order valence-electron chi connectivity index (χ4n) is 6.02. The second kappa shape index (κ2) is 10.4. The van der Waals surface area contributed by atoms with E-state index in [0.717, 1.165) is 34.5 Å². The van der Waals surface area contributed by atoms with Gasteiger partial charge in [0.15, 0.2) is 17.3 Å². The molecule has 1 spiro atoms. The minimum atomic E-state index is -1.29. The molecule has 3 heterocycles. The molecular formula is C31H31F2N5O4. The van der Waals surface area contributed by atoms with Crippen LogP contribution in [0.2, 0.25) is 0 Å². The number of carbonyl (C=O) groups is 2. The van der Waals surface area contributed by atoms with Crippen LogP contribution in [0.15, 0.2) is 47.2 Å². The Morgan fingerprint density at radius 1 is 1.05 bits per heavy atom. The molecule has 1 aliphatic carbocycles. The first-order valence-corrected chi connectivity index (χ1v) is 13.9. The van der Waals surface area contributed by atoms with Gasteiger partial charge in [0, 0.05) is 46.0 Å².